The smallest absolute Gasteiger partial charge is 0.251 e. The first kappa shape index (κ1) is 32.4. The number of rotatable bonds is 14. The number of nitrogens with zero attached hydrogens (tertiary/aromatic N) is 1. The molecule has 4 rings (SSSR count). The first-order chi connectivity index (χ1) is 20.7. The van der Waals surface area contributed by atoms with Crippen LogP contribution in [-0.2, 0) is 13.0 Å². The zero-order valence-corrected chi connectivity index (χ0v) is 25.9. The molecule has 3 aromatic rings. The van der Waals surface area contributed by atoms with Gasteiger partial charge in [0.1, 0.15) is 11.5 Å². The van der Waals surface area contributed by atoms with Gasteiger partial charge in [0.05, 0.1) is 37.8 Å². The third-order valence-electron chi connectivity index (χ3n) is 7.40. The minimum Gasteiger partial charge on any atom is -0.497 e. The zero-order valence-electron chi connectivity index (χ0n) is 25.1. The number of benzene rings is 3. The van der Waals surface area contributed by atoms with Gasteiger partial charge in [-0.3, -0.25) is 18.2 Å². The highest BCUT2D eigenvalue weighted by Gasteiger charge is 2.28. The summed E-state index contributed by atoms with van der Waals surface area (Å²) in [5, 5.41) is 20.9. The van der Waals surface area contributed by atoms with E-state index in [9.17, 15) is 19.0 Å². The first-order valence-electron chi connectivity index (χ1n) is 14.6. The SMILES string of the molecule is CCNc1cc(C(=O)NC(Cc2ccccc2)C(O)CNCc2cc(OC)cc(OC)c2)cc(N2CCCCS2(O)O)c1. The second kappa shape index (κ2) is 15.3. The Bertz CT molecular complexity index is 1320. The number of aliphatic hydroxyl groups is 1. The van der Waals surface area contributed by atoms with Crippen LogP contribution < -0.4 is 29.7 Å². The van der Waals surface area contributed by atoms with Crippen LogP contribution in [0.1, 0.15) is 41.3 Å². The molecule has 1 saturated heterocycles. The maximum Gasteiger partial charge on any atom is 0.251 e. The van der Waals surface area contributed by atoms with Crippen molar-refractivity contribution in [3.05, 3.63) is 83.4 Å². The summed E-state index contributed by atoms with van der Waals surface area (Å²) in [6.45, 7) is 3.80. The molecule has 0 aromatic heterocycles. The Labute approximate surface area is 255 Å². The molecule has 1 heterocycles. The number of hydrogen-bond donors (Lipinski definition) is 6. The Balaban J connectivity index is 1.52. The van der Waals surface area contributed by atoms with E-state index in [2.05, 4.69) is 16.0 Å². The molecule has 1 aliphatic heterocycles. The second-order valence-electron chi connectivity index (χ2n) is 10.6. The van der Waals surface area contributed by atoms with E-state index in [1.165, 1.54) is 0 Å². The molecule has 1 aliphatic rings. The fourth-order valence-corrected chi connectivity index (χ4v) is 6.85. The molecule has 1 fully saturated rings. The van der Waals surface area contributed by atoms with E-state index in [1.807, 2.05) is 55.5 Å². The lowest BCUT2D eigenvalue weighted by atomic mass is 10.00. The van der Waals surface area contributed by atoms with Crippen LogP contribution in [0.3, 0.4) is 0 Å². The molecular formula is C32H44N4O6S. The van der Waals surface area contributed by atoms with Crippen molar-refractivity contribution in [2.24, 2.45) is 0 Å². The van der Waals surface area contributed by atoms with Gasteiger partial charge >= 0.3 is 0 Å². The summed E-state index contributed by atoms with van der Waals surface area (Å²) in [4.78, 5) is 13.7. The molecule has 0 spiro atoms. The Morgan fingerprint density at radius 2 is 1.70 bits per heavy atom. The lowest BCUT2D eigenvalue weighted by Gasteiger charge is -2.47. The fourth-order valence-electron chi connectivity index (χ4n) is 5.18. The average molecular weight is 613 g/mol. The van der Waals surface area contributed by atoms with Crippen LogP contribution >= 0.6 is 10.8 Å². The monoisotopic (exact) mass is 612 g/mol. The molecule has 0 saturated carbocycles. The summed E-state index contributed by atoms with van der Waals surface area (Å²) in [7, 11) is 0.237. The second-order valence-corrected chi connectivity index (χ2v) is 12.7. The van der Waals surface area contributed by atoms with Crippen LogP contribution in [0.5, 0.6) is 11.5 Å². The highest BCUT2D eigenvalue weighted by atomic mass is 32.3. The lowest BCUT2D eigenvalue weighted by Crippen LogP contribution is -2.48. The fraction of sp³-hybridized carbons (Fsp3) is 0.406. The quantitative estimate of drug-likeness (QED) is 0.150. The molecule has 2 unspecified atom stereocenters. The van der Waals surface area contributed by atoms with Crippen LogP contribution in [-0.4, -0.2) is 71.9 Å². The maximum absolute atomic E-state index is 13.7. The van der Waals surface area contributed by atoms with Gasteiger partial charge in [0.15, 0.2) is 0 Å². The number of carbonyl (C=O) groups excluding carboxylic acids is 1. The molecule has 0 aliphatic carbocycles. The van der Waals surface area contributed by atoms with Gasteiger partial charge in [0.25, 0.3) is 5.91 Å². The average Bonchev–Trinajstić information content (AvgIpc) is 3.00. The number of nitrogens with one attached hydrogen (secondary N) is 3. The van der Waals surface area contributed by atoms with Crippen molar-refractivity contribution in [2.75, 3.05) is 49.2 Å². The van der Waals surface area contributed by atoms with E-state index < -0.39 is 22.9 Å². The minimum atomic E-state index is -2.96. The largest absolute Gasteiger partial charge is 0.497 e. The molecule has 1 amide bonds. The molecule has 10 nitrogen and oxygen atoms in total. The maximum atomic E-state index is 13.7. The normalized spacial score (nSPS) is 16.6. The number of carbonyl (C=O) groups is 1. The van der Waals surface area contributed by atoms with Crippen molar-refractivity contribution >= 4 is 28.1 Å². The predicted octanol–water partition coefficient (Wildman–Crippen LogP) is 4.89. The Morgan fingerprint density at radius 1 is 0.977 bits per heavy atom. The topological polar surface area (TPSA) is 136 Å². The molecule has 0 bridgehead atoms. The minimum absolute atomic E-state index is 0.231. The van der Waals surface area contributed by atoms with Crippen molar-refractivity contribution in [1.82, 2.24) is 10.6 Å². The third kappa shape index (κ3) is 9.01. The number of aliphatic hydroxyl groups excluding tert-OH is 1. The number of amides is 1. The van der Waals surface area contributed by atoms with Gasteiger partial charge < -0.3 is 30.5 Å². The van der Waals surface area contributed by atoms with Crippen LogP contribution in [0, 0.1) is 0 Å². The Morgan fingerprint density at radius 3 is 2.35 bits per heavy atom. The van der Waals surface area contributed by atoms with Crippen LogP contribution in [0.15, 0.2) is 66.7 Å². The predicted molar refractivity (Wildman–Crippen MR) is 174 cm³/mol. The van der Waals surface area contributed by atoms with E-state index >= 15 is 0 Å². The van der Waals surface area contributed by atoms with Gasteiger partial charge in [-0.2, -0.15) is 0 Å². The molecule has 3 aromatic carbocycles. The van der Waals surface area contributed by atoms with Crippen LogP contribution in [0.4, 0.5) is 11.4 Å². The number of hydrogen-bond acceptors (Lipinski definition) is 9. The summed E-state index contributed by atoms with van der Waals surface area (Å²) in [6, 6.07) is 20.0. The summed E-state index contributed by atoms with van der Waals surface area (Å²) in [6.07, 6.45) is 1.11. The van der Waals surface area contributed by atoms with Crippen molar-refractivity contribution in [3.63, 3.8) is 0 Å². The molecule has 11 heteroatoms. The molecule has 0 radical (unpaired) electrons. The van der Waals surface area contributed by atoms with Gasteiger partial charge in [-0.25, -0.2) is 0 Å². The van der Waals surface area contributed by atoms with E-state index in [-0.39, 0.29) is 12.5 Å². The summed E-state index contributed by atoms with van der Waals surface area (Å²) >= 11 is 0. The highest BCUT2D eigenvalue weighted by molar-refractivity contribution is 8.25. The van der Waals surface area contributed by atoms with Crippen LogP contribution in [0.2, 0.25) is 0 Å². The summed E-state index contributed by atoms with van der Waals surface area (Å²) < 4.78 is 33.8. The Kier molecular flexibility index (Phi) is 11.5. The van der Waals surface area contributed by atoms with Gasteiger partial charge in [-0.15, -0.1) is 10.8 Å². The van der Waals surface area contributed by atoms with Crippen LogP contribution in [0.25, 0.3) is 0 Å². The summed E-state index contributed by atoms with van der Waals surface area (Å²) in [5.74, 6) is 1.31. The summed E-state index contributed by atoms with van der Waals surface area (Å²) in [5.41, 5.74) is 3.58. The van der Waals surface area contributed by atoms with Crippen molar-refractivity contribution in [2.45, 2.75) is 44.9 Å². The van der Waals surface area contributed by atoms with E-state index in [0.29, 0.717) is 60.2 Å². The zero-order chi connectivity index (χ0) is 30.8. The van der Waals surface area contributed by atoms with Gasteiger partial charge in [-0.05, 0) is 67.6 Å². The molecule has 2 atom stereocenters. The molecular weight excluding hydrogens is 568 g/mol. The van der Waals surface area contributed by atoms with Crippen molar-refractivity contribution in [3.8, 4) is 11.5 Å². The highest BCUT2D eigenvalue weighted by Crippen LogP contribution is 2.50. The molecule has 234 valence electrons. The third-order valence-corrected chi connectivity index (χ3v) is 9.34. The molecule has 43 heavy (non-hydrogen) atoms. The van der Waals surface area contributed by atoms with E-state index in [1.54, 1.807) is 36.7 Å². The van der Waals surface area contributed by atoms with E-state index in [4.69, 9.17) is 9.47 Å². The Hall–Kier alpha value is -3.48. The van der Waals surface area contributed by atoms with E-state index in [0.717, 1.165) is 24.0 Å². The number of ether oxygens (including phenoxy) is 2. The lowest BCUT2D eigenvalue weighted by molar-refractivity contribution is 0.0830. The first-order valence-corrected chi connectivity index (χ1v) is 16.3. The standard InChI is InChI=1S/C32H44N4O6S/c1-4-34-26-17-25(18-27(19-26)36-12-8-9-13-43(36,39)40)32(38)35-30(16-23-10-6-5-7-11-23)31(37)22-33-21-24-14-28(41-2)20-29(15-24)42-3/h5-7,10-11,14-15,17-20,30-31,33-34,37,39-40H,4,8-9,12-13,16,21-22H2,1-3H3,(H,35,38). The van der Waals surface area contributed by atoms with Gasteiger partial charge in [0.2, 0.25) is 0 Å². The van der Waals surface area contributed by atoms with Crippen molar-refractivity contribution < 1.29 is 28.5 Å². The van der Waals surface area contributed by atoms with Gasteiger partial charge in [0, 0.05) is 43.5 Å². The molecule has 6 N–H and O–H groups in total. The number of anilines is 2. The number of methoxy groups -OCH3 is 2. The van der Waals surface area contributed by atoms with Gasteiger partial charge in [-0.1, -0.05) is 30.3 Å². The van der Waals surface area contributed by atoms with Crippen molar-refractivity contribution in [1.29, 1.82) is 0 Å².